The van der Waals surface area contributed by atoms with Crippen LogP contribution >= 0.6 is 0 Å². The first kappa shape index (κ1) is 25.1. The van der Waals surface area contributed by atoms with Gasteiger partial charge in [0.15, 0.2) is 0 Å². The van der Waals surface area contributed by atoms with E-state index in [1.165, 1.54) is 12.1 Å². The van der Waals surface area contributed by atoms with Crippen molar-refractivity contribution in [3.05, 3.63) is 94.6 Å². The summed E-state index contributed by atoms with van der Waals surface area (Å²) >= 11 is 0. The molecule has 0 fully saturated rings. The molecule has 0 aromatic heterocycles. The molecule has 0 saturated carbocycles. The lowest BCUT2D eigenvalue weighted by atomic mass is 9.99. The van der Waals surface area contributed by atoms with Gasteiger partial charge in [0.25, 0.3) is 5.91 Å². The highest BCUT2D eigenvalue weighted by Gasteiger charge is 2.24. The maximum Gasteiger partial charge on any atom is 0.255 e. The fourth-order valence-electron chi connectivity index (χ4n) is 3.63. The van der Waals surface area contributed by atoms with Crippen LogP contribution in [-0.4, -0.2) is 41.9 Å². The minimum Gasteiger partial charge on any atom is -0.507 e. The first-order chi connectivity index (χ1) is 16.2. The second-order valence-electron chi connectivity index (χ2n) is 8.13. The zero-order valence-electron chi connectivity index (χ0n) is 19.0. The monoisotopic (exact) mass is 470 g/mol. The molecule has 0 radical (unpaired) electrons. The normalized spacial score (nSPS) is 12.7. The Hall–Kier alpha value is -3.49. The molecule has 0 aliphatic carbocycles. The summed E-state index contributed by atoms with van der Waals surface area (Å²) in [5, 5.41) is 26.8. The number of ether oxygens (including phenoxy) is 1. The van der Waals surface area contributed by atoms with Gasteiger partial charge in [-0.2, -0.15) is 0 Å². The average molecular weight is 471 g/mol. The summed E-state index contributed by atoms with van der Waals surface area (Å²) in [4.78, 5) is 12.9. The van der Waals surface area contributed by atoms with Gasteiger partial charge in [0, 0.05) is 19.2 Å². The number of rotatable bonds is 10. The number of amides is 1. The Balaban J connectivity index is 1.74. The van der Waals surface area contributed by atoms with Gasteiger partial charge in [0.05, 0.1) is 24.8 Å². The molecular formula is C26H28F2N2O4. The number of phenolic OH excluding ortho intramolecular Hbond substituents is 1. The molecule has 3 rings (SSSR count). The van der Waals surface area contributed by atoms with Crippen LogP contribution in [0.25, 0.3) is 0 Å². The number of aliphatic hydroxyl groups excluding tert-OH is 1. The van der Waals surface area contributed by atoms with E-state index in [0.717, 1.165) is 29.3 Å². The average Bonchev–Trinajstić information content (AvgIpc) is 2.79. The van der Waals surface area contributed by atoms with Crippen LogP contribution in [0.15, 0.2) is 60.7 Å². The molecule has 8 heteroatoms. The number of aliphatic hydroxyl groups is 1. The molecule has 0 aliphatic heterocycles. The number of halogens is 2. The molecule has 0 bridgehead atoms. The highest BCUT2D eigenvalue weighted by molar-refractivity contribution is 5.97. The first-order valence-corrected chi connectivity index (χ1v) is 10.8. The summed E-state index contributed by atoms with van der Waals surface area (Å²) in [6.45, 7) is 2.31. The summed E-state index contributed by atoms with van der Waals surface area (Å²) in [5.41, 5.74) is 2.03. The quantitative estimate of drug-likeness (QED) is 0.364. The Morgan fingerprint density at radius 1 is 1.03 bits per heavy atom. The van der Waals surface area contributed by atoms with Crippen molar-refractivity contribution < 1.29 is 28.5 Å². The second kappa shape index (κ2) is 11.6. The number of hydrogen-bond donors (Lipinski definition) is 4. The van der Waals surface area contributed by atoms with E-state index in [-0.39, 0.29) is 29.8 Å². The molecule has 0 aliphatic rings. The predicted octanol–water partition coefficient (Wildman–Crippen LogP) is 3.48. The van der Waals surface area contributed by atoms with Crippen LogP contribution in [0.4, 0.5) is 8.78 Å². The van der Waals surface area contributed by atoms with E-state index in [9.17, 15) is 23.8 Å². The van der Waals surface area contributed by atoms with Gasteiger partial charge in [-0.3, -0.25) is 4.79 Å². The smallest absolute Gasteiger partial charge is 0.255 e. The highest BCUT2D eigenvalue weighted by Crippen LogP contribution is 2.19. The van der Waals surface area contributed by atoms with Crippen LogP contribution in [0.1, 0.15) is 27.0 Å². The molecule has 0 heterocycles. The third-order valence-electron chi connectivity index (χ3n) is 5.37. The fraction of sp³-hybridized carbons (Fsp3) is 0.269. The van der Waals surface area contributed by atoms with Gasteiger partial charge >= 0.3 is 0 Å². The van der Waals surface area contributed by atoms with Crippen molar-refractivity contribution in [2.75, 3.05) is 13.7 Å². The van der Waals surface area contributed by atoms with E-state index in [2.05, 4.69) is 10.6 Å². The summed E-state index contributed by atoms with van der Waals surface area (Å²) in [6.07, 6.45) is -1.11. The van der Waals surface area contributed by atoms with Crippen LogP contribution in [-0.2, 0) is 13.0 Å². The number of benzene rings is 3. The van der Waals surface area contributed by atoms with Crippen molar-refractivity contribution in [1.82, 2.24) is 10.6 Å². The summed E-state index contributed by atoms with van der Waals surface area (Å²) < 4.78 is 32.6. The van der Waals surface area contributed by atoms with Gasteiger partial charge in [0.2, 0.25) is 0 Å². The minimum absolute atomic E-state index is 0.0188. The SMILES string of the molecule is COc1cccc(CNC[C@@H](O)[C@H](Cc2cc(F)cc(F)c2)NC(=O)c2cc(C)ccc2O)c1. The van der Waals surface area contributed by atoms with E-state index in [0.29, 0.717) is 12.3 Å². The number of phenols is 1. The molecule has 6 nitrogen and oxygen atoms in total. The topological polar surface area (TPSA) is 90.8 Å². The van der Waals surface area contributed by atoms with Gasteiger partial charge in [-0.1, -0.05) is 23.8 Å². The number of carbonyl (C=O) groups excluding carboxylic acids is 1. The fourth-order valence-corrected chi connectivity index (χ4v) is 3.63. The Morgan fingerprint density at radius 3 is 2.47 bits per heavy atom. The molecule has 34 heavy (non-hydrogen) atoms. The van der Waals surface area contributed by atoms with Crippen molar-refractivity contribution in [3.63, 3.8) is 0 Å². The number of carbonyl (C=O) groups is 1. The standard InChI is InChI=1S/C26H28F2N2O4/c1-16-6-7-24(31)22(8-16)26(33)30-23(12-18-9-19(27)13-20(28)10-18)25(32)15-29-14-17-4-3-5-21(11-17)34-2/h3-11,13,23,25,29,31-32H,12,14-15H2,1-2H3,(H,30,33)/t23-,25+/m0/s1. The molecular weight excluding hydrogens is 442 g/mol. The molecule has 180 valence electrons. The molecule has 0 unspecified atom stereocenters. The highest BCUT2D eigenvalue weighted by atomic mass is 19.1. The number of methoxy groups -OCH3 is 1. The molecule has 3 aromatic rings. The van der Waals surface area contributed by atoms with Crippen LogP contribution in [0, 0.1) is 18.6 Å². The second-order valence-corrected chi connectivity index (χ2v) is 8.13. The third-order valence-corrected chi connectivity index (χ3v) is 5.37. The van der Waals surface area contributed by atoms with Crippen molar-refractivity contribution in [2.45, 2.75) is 32.0 Å². The molecule has 4 N–H and O–H groups in total. The van der Waals surface area contributed by atoms with Crippen molar-refractivity contribution in [2.24, 2.45) is 0 Å². The summed E-state index contributed by atoms with van der Waals surface area (Å²) in [5.74, 6) is -1.60. The van der Waals surface area contributed by atoms with Crippen LogP contribution in [0.3, 0.4) is 0 Å². The molecule has 0 spiro atoms. The number of aromatic hydroxyl groups is 1. The van der Waals surface area contributed by atoms with Gasteiger partial charge in [-0.15, -0.1) is 0 Å². The van der Waals surface area contributed by atoms with Crippen molar-refractivity contribution in [1.29, 1.82) is 0 Å². The molecule has 1 amide bonds. The van der Waals surface area contributed by atoms with Gasteiger partial charge in [-0.05, 0) is 60.9 Å². The van der Waals surface area contributed by atoms with E-state index in [1.54, 1.807) is 20.1 Å². The number of hydrogen-bond acceptors (Lipinski definition) is 5. The van der Waals surface area contributed by atoms with Gasteiger partial charge in [0.1, 0.15) is 23.1 Å². The van der Waals surface area contributed by atoms with Gasteiger partial charge < -0.3 is 25.6 Å². The number of aryl methyl sites for hydroxylation is 1. The van der Waals surface area contributed by atoms with E-state index in [4.69, 9.17) is 4.74 Å². The lowest BCUT2D eigenvalue weighted by Gasteiger charge is -2.25. The molecule has 3 aromatic carbocycles. The zero-order valence-corrected chi connectivity index (χ0v) is 19.0. The third kappa shape index (κ3) is 7.00. The summed E-state index contributed by atoms with van der Waals surface area (Å²) in [7, 11) is 1.57. The van der Waals surface area contributed by atoms with E-state index in [1.807, 2.05) is 24.3 Å². The van der Waals surface area contributed by atoms with E-state index < -0.39 is 29.7 Å². The molecule has 2 atom stereocenters. The molecule has 0 saturated heterocycles. The van der Waals surface area contributed by atoms with Crippen molar-refractivity contribution in [3.8, 4) is 11.5 Å². The van der Waals surface area contributed by atoms with Crippen LogP contribution in [0.2, 0.25) is 0 Å². The van der Waals surface area contributed by atoms with E-state index >= 15 is 0 Å². The Kier molecular flexibility index (Phi) is 8.56. The summed E-state index contributed by atoms with van der Waals surface area (Å²) in [6, 6.07) is 14.2. The largest absolute Gasteiger partial charge is 0.507 e. The van der Waals surface area contributed by atoms with Crippen LogP contribution < -0.4 is 15.4 Å². The number of nitrogens with one attached hydrogen (secondary N) is 2. The lowest BCUT2D eigenvalue weighted by Crippen LogP contribution is -2.48. The lowest BCUT2D eigenvalue weighted by molar-refractivity contribution is 0.0827. The predicted molar refractivity (Wildman–Crippen MR) is 125 cm³/mol. The zero-order chi connectivity index (χ0) is 24.7. The van der Waals surface area contributed by atoms with Crippen LogP contribution in [0.5, 0.6) is 11.5 Å². The Bertz CT molecular complexity index is 1120. The Morgan fingerprint density at radius 2 is 1.76 bits per heavy atom. The first-order valence-electron chi connectivity index (χ1n) is 10.8. The Labute approximate surface area is 197 Å². The van der Waals surface area contributed by atoms with Crippen molar-refractivity contribution >= 4 is 5.91 Å². The minimum atomic E-state index is -1.09. The van der Waals surface area contributed by atoms with Gasteiger partial charge in [-0.25, -0.2) is 8.78 Å². The maximum absolute atomic E-state index is 13.7. The maximum atomic E-state index is 13.7.